The third-order valence-electron chi connectivity index (χ3n) is 1.77. The highest BCUT2D eigenvalue weighted by molar-refractivity contribution is 6.31. The number of ether oxygens (including phenoxy) is 1. The number of amidine groups is 1. The number of nitro groups is 1. The Labute approximate surface area is 108 Å². The fourth-order valence-corrected chi connectivity index (χ4v) is 1.12. The van der Waals surface area contributed by atoms with Crippen LogP contribution in [0.1, 0.15) is 6.92 Å². The van der Waals surface area contributed by atoms with Crippen LogP contribution in [-0.2, 0) is 9.53 Å². The molecule has 8 heteroatoms. The minimum atomic E-state index is -1.09. The Bertz CT molecular complexity index is 473. The summed E-state index contributed by atoms with van der Waals surface area (Å²) in [4.78, 5) is 20.9. The van der Waals surface area contributed by atoms with Gasteiger partial charge in [-0.15, -0.1) is 0 Å². The van der Waals surface area contributed by atoms with Crippen LogP contribution in [0.3, 0.4) is 0 Å². The van der Waals surface area contributed by atoms with E-state index in [1.54, 1.807) is 31.2 Å². The summed E-state index contributed by atoms with van der Waals surface area (Å²) in [5.74, 6) is -2.00. The lowest BCUT2D eigenvalue weighted by molar-refractivity contribution is -0.350. The molecule has 0 spiro atoms. The molecule has 1 N–H and O–H groups in total. The SMILES string of the molecule is CCOC(=O)/C(=N/Nc1ccc(Cl)cc1)[N+](=O)[O-]. The summed E-state index contributed by atoms with van der Waals surface area (Å²) in [7, 11) is 0. The zero-order chi connectivity index (χ0) is 13.5. The molecule has 96 valence electrons. The van der Waals surface area contributed by atoms with Gasteiger partial charge in [0.25, 0.3) is 0 Å². The molecule has 0 atom stereocenters. The van der Waals surface area contributed by atoms with Gasteiger partial charge in [0, 0.05) is 5.02 Å². The van der Waals surface area contributed by atoms with Crippen molar-refractivity contribution >= 4 is 29.1 Å². The largest absolute Gasteiger partial charge is 0.473 e. The summed E-state index contributed by atoms with van der Waals surface area (Å²) in [6, 6.07) is 6.29. The Balaban J connectivity index is 2.80. The number of halogens is 1. The van der Waals surface area contributed by atoms with Crippen molar-refractivity contribution in [2.75, 3.05) is 12.0 Å². The number of carbonyl (C=O) groups excluding carboxylic acids is 1. The molecule has 0 aromatic heterocycles. The maximum atomic E-state index is 11.2. The van der Waals surface area contributed by atoms with Crippen molar-refractivity contribution in [2.45, 2.75) is 6.92 Å². The van der Waals surface area contributed by atoms with Crippen molar-refractivity contribution in [3.05, 3.63) is 39.4 Å². The Morgan fingerprint density at radius 1 is 1.50 bits per heavy atom. The van der Waals surface area contributed by atoms with Gasteiger partial charge >= 0.3 is 11.8 Å². The molecule has 0 aliphatic carbocycles. The standard InChI is InChI=1S/C10H10ClN3O4/c1-2-18-10(15)9(14(16)17)13-12-8-5-3-7(11)4-6-8/h3-6,12H,2H2,1H3/b13-9-. The minimum absolute atomic E-state index is 0.0344. The van der Waals surface area contributed by atoms with Crippen molar-refractivity contribution in [1.82, 2.24) is 0 Å². The molecule has 0 saturated carbocycles. The number of hydrazone groups is 1. The fraction of sp³-hybridized carbons (Fsp3) is 0.200. The monoisotopic (exact) mass is 271 g/mol. The number of benzene rings is 1. The van der Waals surface area contributed by atoms with Gasteiger partial charge in [-0.2, -0.15) is 5.43 Å². The van der Waals surface area contributed by atoms with Crippen LogP contribution >= 0.6 is 11.6 Å². The molecule has 1 aromatic rings. The van der Waals surface area contributed by atoms with Gasteiger partial charge in [-0.3, -0.25) is 0 Å². The third kappa shape index (κ3) is 4.02. The first-order valence-electron chi connectivity index (χ1n) is 4.95. The van der Waals surface area contributed by atoms with Crippen LogP contribution in [0, 0.1) is 10.1 Å². The van der Waals surface area contributed by atoms with Gasteiger partial charge in [0.05, 0.1) is 17.4 Å². The Morgan fingerprint density at radius 2 is 2.11 bits per heavy atom. The molecule has 0 heterocycles. The van der Waals surface area contributed by atoms with Crippen LogP contribution in [0.5, 0.6) is 0 Å². The molecule has 7 nitrogen and oxygen atoms in total. The topological polar surface area (TPSA) is 93.8 Å². The number of esters is 1. The average molecular weight is 272 g/mol. The molecule has 1 rings (SSSR count). The summed E-state index contributed by atoms with van der Waals surface area (Å²) >= 11 is 5.67. The van der Waals surface area contributed by atoms with E-state index in [2.05, 4.69) is 15.3 Å². The van der Waals surface area contributed by atoms with Gasteiger partial charge in [0.15, 0.2) is 0 Å². The number of hydrogen-bond donors (Lipinski definition) is 1. The van der Waals surface area contributed by atoms with Crippen LogP contribution < -0.4 is 5.43 Å². The number of carbonyl (C=O) groups is 1. The number of nitrogens with zero attached hydrogens (tertiary/aromatic N) is 2. The van der Waals surface area contributed by atoms with Gasteiger partial charge in [0.2, 0.25) is 0 Å². The van der Waals surface area contributed by atoms with E-state index in [9.17, 15) is 14.9 Å². The fourth-order valence-electron chi connectivity index (χ4n) is 0.999. The highest BCUT2D eigenvalue weighted by atomic mass is 35.5. The molecule has 0 saturated heterocycles. The lowest BCUT2D eigenvalue weighted by Gasteiger charge is -1.99. The summed E-state index contributed by atoms with van der Waals surface area (Å²) in [5, 5.41) is 14.5. The number of anilines is 1. The first-order valence-corrected chi connectivity index (χ1v) is 5.33. The van der Waals surface area contributed by atoms with E-state index in [0.29, 0.717) is 10.7 Å². The molecular formula is C10H10ClN3O4. The molecule has 0 fully saturated rings. The molecule has 0 bridgehead atoms. The number of hydrogen-bond acceptors (Lipinski definition) is 6. The van der Waals surface area contributed by atoms with Crippen LogP contribution in [0.4, 0.5) is 5.69 Å². The van der Waals surface area contributed by atoms with Gasteiger partial charge < -0.3 is 14.9 Å². The highest BCUT2D eigenvalue weighted by Gasteiger charge is 2.25. The van der Waals surface area contributed by atoms with Gasteiger partial charge in [-0.05, 0) is 36.1 Å². The quantitative estimate of drug-likeness (QED) is 0.298. The Kier molecular flexibility index (Phi) is 5.06. The van der Waals surface area contributed by atoms with Crippen LogP contribution in [-0.4, -0.2) is 23.3 Å². The normalized spacial score (nSPS) is 10.9. The number of nitrogens with one attached hydrogen (secondary N) is 1. The van der Waals surface area contributed by atoms with E-state index < -0.39 is 16.7 Å². The summed E-state index contributed by atoms with van der Waals surface area (Å²) < 4.78 is 4.50. The van der Waals surface area contributed by atoms with Crippen molar-refractivity contribution < 1.29 is 14.5 Å². The maximum Gasteiger partial charge on any atom is 0.473 e. The Hall–Kier alpha value is -2.15. The van der Waals surface area contributed by atoms with E-state index in [1.807, 2.05) is 0 Å². The summed E-state index contributed by atoms with van der Waals surface area (Å²) in [6.45, 7) is 1.58. The molecule has 1 aromatic carbocycles. The predicted octanol–water partition coefficient (Wildman–Crippen LogP) is 1.91. The lowest BCUT2D eigenvalue weighted by Crippen LogP contribution is -2.26. The molecular weight excluding hydrogens is 262 g/mol. The first-order chi connectivity index (χ1) is 8.54. The zero-order valence-corrected chi connectivity index (χ0v) is 10.2. The van der Waals surface area contributed by atoms with Crippen LogP contribution in [0.15, 0.2) is 29.4 Å². The second-order valence-electron chi connectivity index (χ2n) is 3.03. The predicted molar refractivity (Wildman–Crippen MR) is 66.1 cm³/mol. The van der Waals surface area contributed by atoms with E-state index in [1.165, 1.54) is 0 Å². The van der Waals surface area contributed by atoms with Gasteiger partial charge in [0.1, 0.15) is 0 Å². The summed E-state index contributed by atoms with van der Waals surface area (Å²) in [6.07, 6.45) is 0. The maximum absolute atomic E-state index is 11.2. The average Bonchev–Trinajstić information content (AvgIpc) is 2.31. The molecule has 18 heavy (non-hydrogen) atoms. The molecule has 0 unspecified atom stereocenters. The third-order valence-corrected chi connectivity index (χ3v) is 2.02. The molecule has 0 radical (unpaired) electrons. The zero-order valence-electron chi connectivity index (χ0n) is 9.42. The lowest BCUT2D eigenvalue weighted by atomic mass is 10.3. The second-order valence-corrected chi connectivity index (χ2v) is 3.47. The second kappa shape index (κ2) is 6.55. The van der Waals surface area contributed by atoms with Gasteiger partial charge in [-0.1, -0.05) is 11.6 Å². The van der Waals surface area contributed by atoms with E-state index in [4.69, 9.17) is 11.6 Å². The van der Waals surface area contributed by atoms with Crippen molar-refractivity contribution in [3.63, 3.8) is 0 Å². The molecule has 0 aliphatic heterocycles. The van der Waals surface area contributed by atoms with E-state index >= 15 is 0 Å². The smallest absolute Gasteiger partial charge is 0.457 e. The van der Waals surface area contributed by atoms with E-state index in [0.717, 1.165) is 0 Å². The van der Waals surface area contributed by atoms with Crippen molar-refractivity contribution in [2.24, 2.45) is 5.10 Å². The summed E-state index contributed by atoms with van der Waals surface area (Å²) in [5.41, 5.74) is 2.84. The van der Waals surface area contributed by atoms with E-state index in [-0.39, 0.29) is 6.61 Å². The van der Waals surface area contributed by atoms with Crippen LogP contribution in [0.2, 0.25) is 5.02 Å². The van der Waals surface area contributed by atoms with Gasteiger partial charge in [-0.25, -0.2) is 4.79 Å². The van der Waals surface area contributed by atoms with Crippen molar-refractivity contribution in [1.29, 1.82) is 0 Å². The first kappa shape index (κ1) is 13.9. The molecule has 0 amide bonds. The Morgan fingerprint density at radius 3 is 2.61 bits per heavy atom. The number of rotatable bonds is 3. The minimum Gasteiger partial charge on any atom is -0.457 e. The highest BCUT2D eigenvalue weighted by Crippen LogP contribution is 2.13. The van der Waals surface area contributed by atoms with Crippen LogP contribution in [0.25, 0.3) is 0 Å². The van der Waals surface area contributed by atoms with Crippen molar-refractivity contribution in [3.8, 4) is 0 Å². The molecule has 0 aliphatic rings.